The fraction of sp³-hybridized carbons (Fsp3) is 0.553. The summed E-state index contributed by atoms with van der Waals surface area (Å²) in [6.07, 6.45) is 12.0. The number of carbonyl (C=O) groups is 1. The van der Waals surface area contributed by atoms with Gasteiger partial charge in [-0.3, -0.25) is 4.90 Å². The van der Waals surface area contributed by atoms with Crippen LogP contribution in [0.25, 0.3) is 0 Å². The molecule has 0 aliphatic carbocycles. The van der Waals surface area contributed by atoms with Gasteiger partial charge in [-0.15, -0.1) is 6.58 Å². The molecule has 8 heteroatoms. The number of benzene rings is 3. The molecule has 2 fully saturated rings. The molecule has 2 aliphatic heterocycles. The molecule has 0 unspecified atom stereocenters. The smallest absolute Gasteiger partial charge is 0.411 e. The van der Waals surface area contributed by atoms with Crippen molar-refractivity contribution in [3.63, 3.8) is 0 Å². The Morgan fingerprint density at radius 1 is 0.709 bits per heavy atom. The number of rotatable bonds is 23. The maximum Gasteiger partial charge on any atom is 0.411 e. The molecule has 3 aromatic rings. The van der Waals surface area contributed by atoms with E-state index in [1.165, 1.54) is 18.4 Å². The third-order valence-electron chi connectivity index (χ3n) is 10.5. The number of amides is 1. The fourth-order valence-electron chi connectivity index (χ4n) is 7.76. The Morgan fingerprint density at radius 3 is 1.75 bits per heavy atom. The summed E-state index contributed by atoms with van der Waals surface area (Å²) in [6.45, 7) is 13.4. The van der Waals surface area contributed by atoms with Gasteiger partial charge in [0.15, 0.2) is 5.79 Å². The SMILES string of the molecule is C=C[C@@H]1[C@@H](OCc2ccccc2)[C@H](OCc2ccccc2)[C@@H](CCCCCCCCCC2(CCCOCc3ccccc3)OCCO2)N1C(=O)OC(C)(C)C. The first-order valence-corrected chi connectivity index (χ1v) is 20.6. The van der Waals surface area contributed by atoms with Crippen molar-refractivity contribution in [2.45, 2.75) is 147 Å². The Balaban J connectivity index is 1.10. The third-order valence-corrected chi connectivity index (χ3v) is 10.5. The minimum atomic E-state index is -0.636. The molecule has 3 aromatic carbocycles. The van der Waals surface area contributed by atoms with E-state index in [9.17, 15) is 4.79 Å². The lowest BCUT2D eigenvalue weighted by molar-refractivity contribution is -0.170. The van der Waals surface area contributed by atoms with Gasteiger partial charge in [0.05, 0.1) is 45.1 Å². The number of likely N-dealkylation sites (tertiary alicyclic amines) is 1. The quantitative estimate of drug-likeness (QED) is 0.0704. The van der Waals surface area contributed by atoms with E-state index in [1.54, 1.807) is 0 Å². The summed E-state index contributed by atoms with van der Waals surface area (Å²) in [4.78, 5) is 15.7. The zero-order chi connectivity index (χ0) is 38.8. The normalized spacial score (nSPS) is 20.8. The molecule has 55 heavy (non-hydrogen) atoms. The minimum Gasteiger partial charge on any atom is -0.444 e. The number of unbranched alkanes of at least 4 members (excludes halogenated alkanes) is 6. The zero-order valence-electron chi connectivity index (χ0n) is 33.6. The average Bonchev–Trinajstić information content (AvgIpc) is 3.78. The van der Waals surface area contributed by atoms with Crippen LogP contribution in [0, 0.1) is 0 Å². The van der Waals surface area contributed by atoms with E-state index >= 15 is 0 Å². The Hall–Kier alpha value is -3.53. The standard InChI is InChI=1S/C47H65NO7/c1-5-41-43(51-36-39-25-16-12-17-26-39)44(52-37-40-27-18-13-19-28-40)42(48(41)45(49)55-46(2,3)4)29-20-9-7-6-8-10-21-30-47(53-33-34-54-47)31-22-32-50-35-38-23-14-11-15-24-38/h5,11-19,23-28,41-44H,1,6-10,20-22,29-37H2,2-4H3/t41-,42-,43-,44-/m1/s1. The van der Waals surface area contributed by atoms with Gasteiger partial charge >= 0.3 is 6.09 Å². The summed E-state index contributed by atoms with van der Waals surface area (Å²) < 4.78 is 37.5. The molecule has 0 N–H and O–H groups in total. The number of hydrogen-bond donors (Lipinski definition) is 0. The number of ether oxygens (including phenoxy) is 6. The van der Waals surface area contributed by atoms with Crippen molar-refractivity contribution < 1.29 is 33.2 Å². The summed E-state index contributed by atoms with van der Waals surface area (Å²) in [7, 11) is 0. The Labute approximate surface area is 330 Å². The number of carbonyl (C=O) groups excluding carboxylic acids is 1. The van der Waals surface area contributed by atoms with E-state index in [-0.39, 0.29) is 24.3 Å². The lowest BCUT2D eigenvalue weighted by Crippen LogP contribution is -2.46. The average molecular weight is 756 g/mol. The summed E-state index contributed by atoms with van der Waals surface area (Å²) in [6, 6.07) is 30.0. The van der Waals surface area contributed by atoms with Gasteiger partial charge in [-0.05, 0) is 56.7 Å². The van der Waals surface area contributed by atoms with Crippen molar-refractivity contribution in [1.29, 1.82) is 0 Å². The molecule has 5 rings (SSSR count). The lowest BCUT2D eigenvalue weighted by Gasteiger charge is -2.32. The molecule has 1 amide bonds. The largest absolute Gasteiger partial charge is 0.444 e. The monoisotopic (exact) mass is 755 g/mol. The van der Waals surface area contributed by atoms with Crippen LogP contribution in [0.4, 0.5) is 4.79 Å². The lowest BCUT2D eigenvalue weighted by atomic mass is 9.99. The first kappa shape index (κ1) is 42.6. The van der Waals surface area contributed by atoms with Gasteiger partial charge in [-0.25, -0.2) is 4.79 Å². The fourth-order valence-corrected chi connectivity index (χ4v) is 7.76. The van der Waals surface area contributed by atoms with Crippen LogP contribution in [0.1, 0.15) is 108 Å². The number of hydrogen-bond acceptors (Lipinski definition) is 7. The molecule has 2 saturated heterocycles. The van der Waals surface area contributed by atoms with Crippen molar-refractivity contribution in [3.8, 4) is 0 Å². The summed E-state index contributed by atoms with van der Waals surface area (Å²) >= 11 is 0. The molecule has 0 radical (unpaired) electrons. The van der Waals surface area contributed by atoms with E-state index in [1.807, 2.05) is 86.3 Å². The molecule has 4 atom stereocenters. The highest BCUT2D eigenvalue weighted by molar-refractivity contribution is 5.70. The van der Waals surface area contributed by atoms with Crippen LogP contribution in [-0.2, 0) is 48.2 Å². The van der Waals surface area contributed by atoms with Crippen LogP contribution in [0.15, 0.2) is 104 Å². The van der Waals surface area contributed by atoms with Crippen LogP contribution in [0.3, 0.4) is 0 Å². The first-order chi connectivity index (χ1) is 26.8. The maximum absolute atomic E-state index is 13.9. The molecule has 0 spiro atoms. The molecule has 0 saturated carbocycles. The topological polar surface area (TPSA) is 75.7 Å². The third kappa shape index (κ3) is 13.9. The molecular formula is C47H65NO7. The first-order valence-electron chi connectivity index (χ1n) is 20.6. The van der Waals surface area contributed by atoms with E-state index in [4.69, 9.17) is 28.4 Å². The van der Waals surface area contributed by atoms with Crippen molar-refractivity contribution in [2.75, 3.05) is 19.8 Å². The van der Waals surface area contributed by atoms with Crippen LogP contribution in [-0.4, -0.2) is 66.5 Å². The van der Waals surface area contributed by atoms with Crippen LogP contribution >= 0.6 is 0 Å². The molecule has 2 heterocycles. The van der Waals surface area contributed by atoms with Crippen molar-refractivity contribution in [3.05, 3.63) is 120 Å². The highest BCUT2D eigenvalue weighted by Crippen LogP contribution is 2.36. The van der Waals surface area contributed by atoms with Gasteiger partial charge in [0.1, 0.15) is 17.8 Å². The zero-order valence-corrected chi connectivity index (χ0v) is 33.6. The van der Waals surface area contributed by atoms with Gasteiger partial charge in [0.2, 0.25) is 0 Å². The van der Waals surface area contributed by atoms with Crippen molar-refractivity contribution in [2.24, 2.45) is 0 Å². The summed E-state index contributed by atoms with van der Waals surface area (Å²) in [5.74, 6) is -0.456. The van der Waals surface area contributed by atoms with E-state index in [2.05, 4.69) is 43.0 Å². The molecule has 2 aliphatic rings. The second kappa shape index (κ2) is 22.3. The van der Waals surface area contributed by atoms with E-state index in [0.29, 0.717) is 39.6 Å². The van der Waals surface area contributed by atoms with Gasteiger partial charge < -0.3 is 28.4 Å². The van der Waals surface area contributed by atoms with Crippen molar-refractivity contribution in [1.82, 2.24) is 4.90 Å². The summed E-state index contributed by atoms with van der Waals surface area (Å²) in [5, 5.41) is 0. The van der Waals surface area contributed by atoms with E-state index < -0.39 is 17.5 Å². The van der Waals surface area contributed by atoms with Crippen LogP contribution in [0.5, 0.6) is 0 Å². The van der Waals surface area contributed by atoms with E-state index in [0.717, 1.165) is 68.9 Å². The highest BCUT2D eigenvalue weighted by atomic mass is 16.7. The Morgan fingerprint density at radius 2 is 1.20 bits per heavy atom. The van der Waals surface area contributed by atoms with Gasteiger partial charge in [0, 0.05) is 19.4 Å². The van der Waals surface area contributed by atoms with Crippen LogP contribution < -0.4 is 0 Å². The minimum absolute atomic E-state index is 0.214. The van der Waals surface area contributed by atoms with Crippen molar-refractivity contribution >= 4 is 6.09 Å². The Bertz CT molecular complexity index is 1510. The summed E-state index contributed by atoms with van der Waals surface area (Å²) in [5.41, 5.74) is 2.72. The molecule has 0 aromatic heterocycles. The van der Waals surface area contributed by atoms with Gasteiger partial charge in [0.25, 0.3) is 0 Å². The molecule has 300 valence electrons. The number of nitrogens with zero attached hydrogens (tertiary/aromatic N) is 1. The molecule has 0 bridgehead atoms. The molecule has 8 nitrogen and oxygen atoms in total. The second-order valence-electron chi connectivity index (χ2n) is 16.0. The second-order valence-corrected chi connectivity index (χ2v) is 16.0. The van der Waals surface area contributed by atoms with Gasteiger partial charge in [-0.2, -0.15) is 0 Å². The van der Waals surface area contributed by atoms with Crippen LogP contribution in [0.2, 0.25) is 0 Å². The Kier molecular flexibility index (Phi) is 17.3. The highest BCUT2D eigenvalue weighted by Gasteiger charge is 2.52. The predicted octanol–water partition coefficient (Wildman–Crippen LogP) is 10.6. The predicted molar refractivity (Wildman–Crippen MR) is 217 cm³/mol. The maximum atomic E-state index is 13.9. The van der Waals surface area contributed by atoms with Gasteiger partial charge in [-0.1, -0.05) is 136 Å². The molecular weight excluding hydrogens is 691 g/mol.